The zero-order valence-electron chi connectivity index (χ0n) is 9.63. The monoisotopic (exact) mass is 239 g/mol. The first-order valence-electron chi connectivity index (χ1n) is 5.32. The molecule has 16 heavy (non-hydrogen) atoms. The molecule has 0 spiro atoms. The molecule has 0 saturated heterocycles. The SMILES string of the molecule is CCN(/C=C/S(=O)(=O)c1ccccc1)CC. The van der Waals surface area contributed by atoms with E-state index >= 15 is 0 Å². The molecule has 0 aliphatic rings. The van der Waals surface area contributed by atoms with Crippen LogP contribution >= 0.6 is 0 Å². The molecule has 0 bridgehead atoms. The predicted octanol–water partition coefficient (Wildman–Crippen LogP) is 2.27. The Bertz CT molecular complexity index is 433. The summed E-state index contributed by atoms with van der Waals surface area (Å²) in [5, 5.41) is 1.26. The Kier molecular flexibility index (Phi) is 4.55. The van der Waals surface area contributed by atoms with E-state index in [2.05, 4.69) is 0 Å². The minimum absolute atomic E-state index is 0.332. The van der Waals surface area contributed by atoms with E-state index in [4.69, 9.17) is 0 Å². The number of benzene rings is 1. The first kappa shape index (κ1) is 12.8. The smallest absolute Gasteiger partial charge is 0.201 e. The number of hydrogen-bond donors (Lipinski definition) is 0. The highest BCUT2D eigenvalue weighted by Gasteiger charge is 2.09. The average molecular weight is 239 g/mol. The first-order valence-corrected chi connectivity index (χ1v) is 6.87. The summed E-state index contributed by atoms with van der Waals surface area (Å²) in [5.41, 5.74) is 0. The Hall–Kier alpha value is -1.29. The molecule has 0 radical (unpaired) electrons. The van der Waals surface area contributed by atoms with E-state index in [9.17, 15) is 8.42 Å². The van der Waals surface area contributed by atoms with Gasteiger partial charge in [0.05, 0.1) is 10.3 Å². The molecule has 0 fully saturated rings. The molecule has 0 atom stereocenters. The molecule has 1 aromatic carbocycles. The molecular weight excluding hydrogens is 222 g/mol. The molecule has 88 valence electrons. The number of sulfone groups is 1. The van der Waals surface area contributed by atoms with E-state index in [0.717, 1.165) is 13.1 Å². The second-order valence-corrected chi connectivity index (χ2v) is 5.20. The maximum Gasteiger partial charge on any atom is 0.201 e. The van der Waals surface area contributed by atoms with Crippen molar-refractivity contribution in [1.82, 2.24) is 4.90 Å². The third-order valence-electron chi connectivity index (χ3n) is 2.33. The summed E-state index contributed by atoms with van der Waals surface area (Å²) in [5.74, 6) is 0. The molecule has 0 saturated carbocycles. The van der Waals surface area contributed by atoms with Crippen LogP contribution in [0.5, 0.6) is 0 Å². The van der Waals surface area contributed by atoms with Crippen LogP contribution in [0.3, 0.4) is 0 Å². The summed E-state index contributed by atoms with van der Waals surface area (Å²) in [4.78, 5) is 2.26. The maximum absolute atomic E-state index is 11.9. The van der Waals surface area contributed by atoms with Crippen LogP contribution in [0.4, 0.5) is 0 Å². The van der Waals surface area contributed by atoms with Gasteiger partial charge in [-0.1, -0.05) is 18.2 Å². The van der Waals surface area contributed by atoms with Gasteiger partial charge in [0.25, 0.3) is 0 Å². The van der Waals surface area contributed by atoms with Crippen molar-refractivity contribution in [1.29, 1.82) is 0 Å². The Morgan fingerprint density at radius 2 is 1.69 bits per heavy atom. The van der Waals surface area contributed by atoms with Gasteiger partial charge in [-0.05, 0) is 26.0 Å². The Morgan fingerprint density at radius 3 is 2.19 bits per heavy atom. The standard InChI is InChI=1S/C12H17NO2S/c1-3-13(4-2)10-11-16(14,15)12-8-6-5-7-9-12/h5-11H,3-4H2,1-2H3/b11-10+. The van der Waals surface area contributed by atoms with Crippen LogP contribution in [0.15, 0.2) is 46.8 Å². The third-order valence-corrected chi connectivity index (χ3v) is 3.74. The molecular formula is C12H17NO2S. The second kappa shape index (κ2) is 5.70. The zero-order valence-corrected chi connectivity index (χ0v) is 10.4. The van der Waals surface area contributed by atoms with Crippen LogP contribution in [0, 0.1) is 0 Å². The van der Waals surface area contributed by atoms with Gasteiger partial charge in [-0.2, -0.15) is 0 Å². The molecule has 3 nitrogen and oxygen atoms in total. The van der Waals surface area contributed by atoms with Crippen molar-refractivity contribution in [2.75, 3.05) is 13.1 Å². The molecule has 1 aromatic rings. The van der Waals surface area contributed by atoms with E-state index in [1.54, 1.807) is 36.5 Å². The molecule has 0 aliphatic heterocycles. The topological polar surface area (TPSA) is 37.4 Å². The maximum atomic E-state index is 11.9. The molecule has 0 unspecified atom stereocenters. The summed E-state index contributed by atoms with van der Waals surface area (Å²) in [6.45, 7) is 5.58. The van der Waals surface area contributed by atoms with E-state index < -0.39 is 9.84 Å². The van der Waals surface area contributed by atoms with Gasteiger partial charge in [0, 0.05) is 19.3 Å². The van der Waals surface area contributed by atoms with E-state index in [-0.39, 0.29) is 0 Å². The normalized spacial score (nSPS) is 11.9. The highest BCUT2D eigenvalue weighted by atomic mass is 32.2. The Balaban J connectivity index is 2.89. The fourth-order valence-electron chi connectivity index (χ4n) is 1.29. The van der Waals surface area contributed by atoms with Crippen LogP contribution in [0.2, 0.25) is 0 Å². The van der Waals surface area contributed by atoms with E-state index in [1.165, 1.54) is 5.41 Å². The largest absolute Gasteiger partial charge is 0.377 e. The minimum atomic E-state index is -3.30. The van der Waals surface area contributed by atoms with Gasteiger partial charge in [-0.3, -0.25) is 0 Å². The summed E-state index contributed by atoms with van der Waals surface area (Å²) in [6.07, 6.45) is 1.63. The summed E-state index contributed by atoms with van der Waals surface area (Å²) < 4.78 is 23.7. The van der Waals surface area contributed by atoms with Crippen molar-refractivity contribution in [2.24, 2.45) is 0 Å². The molecule has 4 heteroatoms. The van der Waals surface area contributed by atoms with Gasteiger partial charge in [-0.25, -0.2) is 8.42 Å². The Labute approximate surface area is 97.3 Å². The van der Waals surface area contributed by atoms with Gasteiger partial charge in [0.1, 0.15) is 0 Å². The van der Waals surface area contributed by atoms with Crippen LogP contribution in [-0.2, 0) is 9.84 Å². The van der Waals surface area contributed by atoms with Gasteiger partial charge in [0.2, 0.25) is 9.84 Å². The Morgan fingerprint density at radius 1 is 1.12 bits per heavy atom. The van der Waals surface area contributed by atoms with Crippen molar-refractivity contribution in [3.8, 4) is 0 Å². The quantitative estimate of drug-likeness (QED) is 0.791. The van der Waals surface area contributed by atoms with Gasteiger partial charge in [0.15, 0.2) is 0 Å². The number of nitrogens with zero attached hydrogens (tertiary/aromatic N) is 1. The predicted molar refractivity (Wildman–Crippen MR) is 65.7 cm³/mol. The zero-order chi connectivity index (χ0) is 12.0. The van der Waals surface area contributed by atoms with Crippen molar-refractivity contribution in [3.63, 3.8) is 0 Å². The molecule has 0 aliphatic carbocycles. The van der Waals surface area contributed by atoms with Crippen molar-refractivity contribution < 1.29 is 8.42 Å². The second-order valence-electron chi connectivity index (χ2n) is 3.36. The fourth-order valence-corrected chi connectivity index (χ4v) is 2.32. The average Bonchev–Trinajstić information content (AvgIpc) is 2.31. The summed E-state index contributed by atoms with van der Waals surface area (Å²) >= 11 is 0. The minimum Gasteiger partial charge on any atom is -0.377 e. The molecule has 0 amide bonds. The number of hydrogen-bond acceptors (Lipinski definition) is 3. The third kappa shape index (κ3) is 3.38. The van der Waals surface area contributed by atoms with Crippen molar-refractivity contribution in [2.45, 2.75) is 18.7 Å². The van der Waals surface area contributed by atoms with E-state index in [0.29, 0.717) is 4.90 Å². The van der Waals surface area contributed by atoms with Gasteiger partial charge in [-0.15, -0.1) is 0 Å². The lowest BCUT2D eigenvalue weighted by Gasteiger charge is -2.14. The highest BCUT2D eigenvalue weighted by Crippen LogP contribution is 2.11. The fraction of sp³-hybridized carbons (Fsp3) is 0.333. The number of rotatable bonds is 5. The van der Waals surface area contributed by atoms with Crippen LogP contribution in [-0.4, -0.2) is 26.4 Å². The van der Waals surface area contributed by atoms with Crippen LogP contribution in [0.1, 0.15) is 13.8 Å². The van der Waals surface area contributed by atoms with E-state index in [1.807, 2.05) is 18.7 Å². The summed E-state index contributed by atoms with van der Waals surface area (Å²) in [6, 6.07) is 8.44. The highest BCUT2D eigenvalue weighted by molar-refractivity contribution is 7.94. The summed E-state index contributed by atoms with van der Waals surface area (Å²) in [7, 11) is -3.30. The van der Waals surface area contributed by atoms with Crippen LogP contribution < -0.4 is 0 Å². The lowest BCUT2D eigenvalue weighted by Crippen LogP contribution is -2.15. The molecule has 0 aromatic heterocycles. The lowest BCUT2D eigenvalue weighted by molar-refractivity contribution is 0.419. The van der Waals surface area contributed by atoms with Gasteiger partial charge < -0.3 is 4.90 Å². The van der Waals surface area contributed by atoms with Crippen LogP contribution in [0.25, 0.3) is 0 Å². The molecule has 1 rings (SSSR count). The van der Waals surface area contributed by atoms with Gasteiger partial charge >= 0.3 is 0 Å². The lowest BCUT2D eigenvalue weighted by atomic mass is 10.4. The molecule has 0 heterocycles. The first-order chi connectivity index (χ1) is 7.60. The van der Waals surface area contributed by atoms with Crippen molar-refractivity contribution in [3.05, 3.63) is 41.9 Å². The molecule has 0 N–H and O–H groups in total. The van der Waals surface area contributed by atoms with Crippen molar-refractivity contribution >= 4 is 9.84 Å².